The quantitative estimate of drug-likeness (QED) is 0.499. The van der Waals surface area contributed by atoms with Crippen molar-refractivity contribution < 1.29 is 18.1 Å². The van der Waals surface area contributed by atoms with Crippen molar-refractivity contribution in [1.82, 2.24) is 0 Å². The van der Waals surface area contributed by atoms with Crippen molar-refractivity contribution in [2.45, 2.75) is 6.54 Å². The molecule has 0 unspecified atom stereocenters. The highest BCUT2D eigenvalue weighted by Crippen LogP contribution is 2.24. The summed E-state index contributed by atoms with van der Waals surface area (Å²) in [5.41, 5.74) is -0.290. The number of nitro groups is 1. The molecule has 0 heterocycles. The lowest BCUT2D eigenvalue weighted by atomic mass is 10.2. The van der Waals surface area contributed by atoms with E-state index in [0.29, 0.717) is 0 Å². The zero-order valence-electron chi connectivity index (χ0n) is 10.4. The first-order valence-electron chi connectivity index (χ1n) is 5.69. The number of nitrogens with zero attached hydrogens (tertiary/aromatic N) is 1. The topological polar surface area (TPSA) is 55.2 Å². The van der Waals surface area contributed by atoms with E-state index in [4.69, 9.17) is 0 Å². The number of benzene rings is 2. The molecule has 0 atom stereocenters. The molecule has 8 heteroatoms. The van der Waals surface area contributed by atoms with Crippen molar-refractivity contribution in [2.75, 3.05) is 5.32 Å². The van der Waals surface area contributed by atoms with Crippen molar-refractivity contribution in [3.63, 3.8) is 0 Å². The van der Waals surface area contributed by atoms with Crippen molar-refractivity contribution in [1.29, 1.82) is 0 Å². The second-order valence-electron chi connectivity index (χ2n) is 4.17. The molecular weight excluding hydrogens is 353 g/mol. The molecule has 0 radical (unpaired) electrons. The van der Waals surface area contributed by atoms with E-state index in [9.17, 15) is 23.3 Å². The Morgan fingerprint density at radius 2 is 1.81 bits per heavy atom. The molecule has 0 amide bonds. The fourth-order valence-electron chi connectivity index (χ4n) is 1.70. The molecule has 2 aromatic rings. The molecule has 0 aliphatic heterocycles. The molecular formula is C13H8BrF3N2O2. The lowest BCUT2D eigenvalue weighted by molar-refractivity contribution is -0.385. The first-order chi connectivity index (χ1) is 9.86. The highest BCUT2D eigenvalue weighted by molar-refractivity contribution is 9.10. The summed E-state index contributed by atoms with van der Waals surface area (Å²) in [5, 5.41) is 13.2. The van der Waals surface area contributed by atoms with Crippen LogP contribution in [-0.4, -0.2) is 4.92 Å². The molecule has 0 aliphatic rings. The molecule has 2 rings (SSSR count). The van der Waals surface area contributed by atoms with Gasteiger partial charge in [-0.25, -0.2) is 13.2 Å². The Balaban J connectivity index is 2.20. The van der Waals surface area contributed by atoms with Gasteiger partial charge in [0.25, 0.3) is 5.69 Å². The summed E-state index contributed by atoms with van der Waals surface area (Å²) in [6.07, 6.45) is 0. The second kappa shape index (κ2) is 6.13. The molecule has 0 aromatic heterocycles. The largest absolute Gasteiger partial charge is 0.379 e. The van der Waals surface area contributed by atoms with Crippen LogP contribution in [0.5, 0.6) is 0 Å². The predicted molar refractivity (Wildman–Crippen MR) is 74.4 cm³/mol. The van der Waals surface area contributed by atoms with E-state index in [1.807, 2.05) is 0 Å². The Kier molecular flexibility index (Phi) is 4.46. The summed E-state index contributed by atoms with van der Waals surface area (Å²) >= 11 is 2.84. The monoisotopic (exact) mass is 360 g/mol. The lowest BCUT2D eigenvalue weighted by Crippen LogP contribution is -2.03. The van der Waals surface area contributed by atoms with Crippen LogP contribution in [0.15, 0.2) is 34.8 Å². The minimum atomic E-state index is -0.775. The minimum Gasteiger partial charge on any atom is -0.379 e. The molecule has 0 saturated carbocycles. The number of hydrogen-bond donors (Lipinski definition) is 1. The van der Waals surface area contributed by atoms with E-state index in [2.05, 4.69) is 21.2 Å². The predicted octanol–water partition coefficient (Wildman–Crippen LogP) is 4.39. The van der Waals surface area contributed by atoms with E-state index in [0.717, 1.165) is 30.3 Å². The van der Waals surface area contributed by atoms with E-state index < -0.39 is 28.1 Å². The van der Waals surface area contributed by atoms with Gasteiger partial charge >= 0.3 is 0 Å². The summed E-state index contributed by atoms with van der Waals surface area (Å²) in [6.45, 7) is -0.0867. The molecule has 0 aliphatic carbocycles. The van der Waals surface area contributed by atoms with Crippen LogP contribution in [0.1, 0.15) is 5.56 Å². The number of rotatable bonds is 4. The van der Waals surface area contributed by atoms with Crippen molar-refractivity contribution in [2.24, 2.45) is 0 Å². The maximum Gasteiger partial charge on any atom is 0.272 e. The zero-order chi connectivity index (χ0) is 15.6. The molecule has 0 fully saturated rings. The standard InChI is InChI=1S/C13H8BrF3N2O2/c14-10-4-12(17)13(5-11(10)16)18-6-7-1-8(15)3-9(2-7)19(20)21/h1-5,18H,6H2. The first-order valence-corrected chi connectivity index (χ1v) is 6.48. The summed E-state index contributed by atoms with van der Waals surface area (Å²) in [4.78, 5) is 9.89. The fraction of sp³-hybridized carbons (Fsp3) is 0.0769. The number of nitrogens with one attached hydrogen (secondary N) is 1. The molecule has 2 aromatic carbocycles. The van der Waals surface area contributed by atoms with Crippen LogP contribution >= 0.6 is 15.9 Å². The Morgan fingerprint density at radius 1 is 1.10 bits per heavy atom. The third-order valence-corrected chi connectivity index (χ3v) is 3.25. The van der Waals surface area contributed by atoms with Gasteiger partial charge in [0.05, 0.1) is 21.1 Å². The van der Waals surface area contributed by atoms with Crippen LogP contribution in [0.3, 0.4) is 0 Å². The third-order valence-electron chi connectivity index (χ3n) is 2.65. The number of non-ortho nitro benzene ring substituents is 1. The second-order valence-corrected chi connectivity index (χ2v) is 5.03. The normalized spacial score (nSPS) is 10.5. The average molecular weight is 361 g/mol. The Bertz CT molecular complexity index is 710. The van der Waals surface area contributed by atoms with Gasteiger partial charge in [-0.1, -0.05) is 0 Å². The fourth-order valence-corrected chi connectivity index (χ4v) is 2.01. The SMILES string of the molecule is O=[N+]([O-])c1cc(F)cc(CNc2cc(F)c(Br)cc2F)c1. The number of nitro benzene ring substituents is 1. The highest BCUT2D eigenvalue weighted by atomic mass is 79.9. The highest BCUT2D eigenvalue weighted by Gasteiger charge is 2.11. The third kappa shape index (κ3) is 3.72. The van der Waals surface area contributed by atoms with Gasteiger partial charge < -0.3 is 5.32 Å². The summed E-state index contributed by atoms with van der Waals surface area (Å²) in [6, 6.07) is 4.90. The van der Waals surface area contributed by atoms with E-state index in [-0.39, 0.29) is 22.3 Å². The Hall–Kier alpha value is -2.09. The van der Waals surface area contributed by atoms with Gasteiger partial charge in [-0.15, -0.1) is 0 Å². The summed E-state index contributed by atoms with van der Waals surface area (Å²) in [5.74, 6) is -2.14. The molecule has 0 saturated heterocycles. The van der Waals surface area contributed by atoms with Crippen LogP contribution in [0.4, 0.5) is 24.5 Å². The van der Waals surface area contributed by atoms with Crippen molar-refractivity contribution in [3.8, 4) is 0 Å². The van der Waals surface area contributed by atoms with Crippen LogP contribution < -0.4 is 5.32 Å². The lowest BCUT2D eigenvalue weighted by Gasteiger charge is -2.09. The van der Waals surface area contributed by atoms with Gasteiger partial charge in [-0.2, -0.15) is 0 Å². The first kappa shape index (κ1) is 15.3. The van der Waals surface area contributed by atoms with Gasteiger partial charge in [0.2, 0.25) is 0 Å². The average Bonchev–Trinajstić information content (AvgIpc) is 2.40. The van der Waals surface area contributed by atoms with Crippen LogP contribution in [-0.2, 0) is 6.54 Å². The zero-order valence-corrected chi connectivity index (χ0v) is 12.0. The minimum absolute atomic E-state index is 0.0213. The van der Waals surface area contributed by atoms with E-state index in [1.165, 1.54) is 0 Å². The molecule has 0 spiro atoms. The number of anilines is 1. The van der Waals surface area contributed by atoms with E-state index >= 15 is 0 Å². The van der Waals surface area contributed by atoms with Gasteiger partial charge in [-0.05, 0) is 33.6 Å². The van der Waals surface area contributed by atoms with Crippen molar-refractivity contribution >= 4 is 27.3 Å². The van der Waals surface area contributed by atoms with Gasteiger partial charge in [-0.3, -0.25) is 10.1 Å². The maximum absolute atomic E-state index is 13.6. The number of halogens is 4. The summed E-state index contributed by atoms with van der Waals surface area (Å²) < 4.78 is 40.1. The van der Waals surface area contributed by atoms with Crippen LogP contribution in [0.2, 0.25) is 0 Å². The molecule has 21 heavy (non-hydrogen) atoms. The maximum atomic E-state index is 13.6. The van der Waals surface area contributed by atoms with E-state index in [1.54, 1.807) is 0 Å². The Morgan fingerprint density at radius 3 is 2.48 bits per heavy atom. The molecule has 110 valence electrons. The smallest absolute Gasteiger partial charge is 0.272 e. The molecule has 4 nitrogen and oxygen atoms in total. The van der Waals surface area contributed by atoms with Crippen molar-refractivity contribution in [3.05, 3.63) is 67.9 Å². The molecule has 0 bridgehead atoms. The van der Waals surface area contributed by atoms with Gasteiger partial charge in [0.15, 0.2) is 0 Å². The Labute approximate surface area is 125 Å². The van der Waals surface area contributed by atoms with Gasteiger partial charge in [0, 0.05) is 18.7 Å². The number of hydrogen-bond acceptors (Lipinski definition) is 3. The molecule has 1 N–H and O–H groups in total. The van der Waals surface area contributed by atoms with Crippen LogP contribution in [0.25, 0.3) is 0 Å². The van der Waals surface area contributed by atoms with Crippen LogP contribution in [0, 0.1) is 27.6 Å². The summed E-state index contributed by atoms with van der Waals surface area (Å²) in [7, 11) is 0. The van der Waals surface area contributed by atoms with Gasteiger partial charge in [0.1, 0.15) is 17.5 Å².